The summed E-state index contributed by atoms with van der Waals surface area (Å²) in [6, 6.07) is 3.75. The Bertz CT molecular complexity index is 564. The fourth-order valence-corrected chi connectivity index (χ4v) is 2.54. The maximum absolute atomic E-state index is 11.3. The van der Waals surface area contributed by atoms with E-state index in [9.17, 15) is 9.90 Å². The number of rotatable bonds is 3. The van der Waals surface area contributed by atoms with Crippen molar-refractivity contribution in [2.45, 2.75) is 34.1 Å². The summed E-state index contributed by atoms with van der Waals surface area (Å²) >= 11 is 3.50. The van der Waals surface area contributed by atoms with E-state index in [1.165, 1.54) is 0 Å². The minimum Gasteiger partial charge on any atom is -0.489 e. The van der Waals surface area contributed by atoms with Gasteiger partial charge in [0.15, 0.2) is 11.5 Å². The zero-order valence-corrected chi connectivity index (χ0v) is 14.4. The Morgan fingerprint density at radius 2 is 1.81 bits per heavy atom. The summed E-state index contributed by atoms with van der Waals surface area (Å²) in [4.78, 5) is 11.3. The quantitative estimate of drug-likeness (QED) is 0.892. The van der Waals surface area contributed by atoms with Gasteiger partial charge < -0.3 is 14.6 Å². The van der Waals surface area contributed by atoms with Gasteiger partial charge in [-0.05, 0) is 38.0 Å². The van der Waals surface area contributed by atoms with E-state index in [2.05, 4.69) is 29.8 Å². The molecule has 1 N–H and O–H groups in total. The summed E-state index contributed by atoms with van der Waals surface area (Å²) < 4.78 is 12.5. The molecule has 21 heavy (non-hydrogen) atoms. The number of carbonyl (C=O) groups is 1. The molecule has 0 unspecified atom stereocenters. The van der Waals surface area contributed by atoms with E-state index in [-0.39, 0.29) is 5.41 Å². The lowest BCUT2D eigenvalue weighted by Crippen LogP contribution is -2.26. The van der Waals surface area contributed by atoms with Crippen molar-refractivity contribution in [2.75, 3.05) is 13.2 Å². The minimum atomic E-state index is -0.832. The Balaban J connectivity index is 2.31. The molecular formula is C16H21BrO4. The summed E-state index contributed by atoms with van der Waals surface area (Å²) in [5.41, 5.74) is 0.0256. The van der Waals surface area contributed by atoms with Crippen LogP contribution in [0.5, 0.6) is 11.5 Å². The second-order valence-corrected chi connectivity index (χ2v) is 7.85. The zero-order chi connectivity index (χ0) is 15.8. The van der Waals surface area contributed by atoms with Gasteiger partial charge >= 0.3 is 5.97 Å². The van der Waals surface area contributed by atoms with Gasteiger partial charge in [-0.3, -0.25) is 4.79 Å². The highest BCUT2D eigenvalue weighted by atomic mass is 79.9. The predicted octanol–water partition coefficient (Wildman–Crippen LogP) is 3.90. The molecule has 0 saturated carbocycles. The van der Waals surface area contributed by atoms with Crippen LogP contribution in [0, 0.1) is 10.8 Å². The average molecular weight is 357 g/mol. The monoisotopic (exact) mass is 356 g/mol. The van der Waals surface area contributed by atoms with Crippen LogP contribution in [0.15, 0.2) is 16.6 Å². The first-order valence-corrected chi connectivity index (χ1v) is 7.71. The first kappa shape index (κ1) is 16.1. The van der Waals surface area contributed by atoms with E-state index < -0.39 is 11.4 Å². The normalized spacial score (nSPS) is 17.2. The van der Waals surface area contributed by atoms with Crippen molar-refractivity contribution < 1.29 is 19.4 Å². The van der Waals surface area contributed by atoms with Gasteiger partial charge in [0.25, 0.3) is 0 Å². The van der Waals surface area contributed by atoms with Crippen molar-refractivity contribution in [3.63, 3.8) is 0 Å². The molecule has 0 saturated heterocycles. The Kier molecular flexibility index (Phi) is 4.24. The van der Waals surface area contributed by atoms with Gasteiger partial charge in [0.05, 0.1) is 18.6 Å². The number of hydrogen-bond acceptors (Lipinski definition) is 3. The van der Waals surface area contributed by atoms with E-state index in [1.54, 1.807) is 13.8 Å². The molecule has 0 bridgehead atoms. The van der Waals surface area contributed by atoms with Crippen LogP contribution in [0.4, 0.5) is 0 Å². The van der Waals surface area contributed by atoms with Crippen LogP contribution in [0.2, 0.25) is 0 Å². The SMILES string of the molecule is CC1(C)COc2cc(Br)c(CC(C)(C)C(=O)O)cc2OC1. The molecule has 0 aromatic heterocycles. The van der Waals surface area contributed by atoms with Gasteiger partial charge in [-0.1, -0.05) is 29.8 Å². The lowest BCUT2D eigenvalue weighted by molar-refractivity contribution is -0.146. The number of halogens is 1. The standard InChI is InChI=1S/C16H21BrO4/c1-15(2)8-20-12-5-10(7-16(3,4)14(18)19)11(17)6-13(12)21-9-15/h5-6H,7-9H2,1-4H3,(H,18,19). The van der Waals surface area contributed by atoms with Crippen molar-refractivity contribution in [1.82, 2.24) is 0 Å². The lowest BCUT2D eigenvalue weighted by atomic mass is 9.86. The summed E-state index contributed by atoms with van der Waals surface area (Å²) in [6.07, 6.45) is 0.420. The molecule has 0 fully saturated rings. The molecule has 1 aromatic carbocycles. The average Bonchev–Trinajstić information content (AvgIpc) is 2.50. The molecule has 1 heterocycles. The number of benzene rings is 1. The number of aliphatic carboxylic acids is 1. The van der Waals surface area contributed by atoms with Gasteiger partial charge in [0.2, 0.25) is 0 Å². The van der Waals surface area contributed by atoms with Crippen LogP contribution in [-0.2, 0) is 11.2 Å². The Morgan fingerprint density at radius 1 is 1.29 bits per heavy atom. The fourth-order valence-electron chi connectivity index (χ4n) is 2.08. The number of hydrogen-bond donors (Lipinski definition) is 1. The Hall–Kier alpha value is -1.23. The van der Waals surface area contributed by atoms with Crippen LogP contribution in [-0.4, -0.2) is 24.3 Å². The first-order chi connectivity index (χ1) is 9.61. The third-order valence-corrected chi connectivity index (χ3v) is 4.30. The van der Waals surface area contributed by atoms with Crippen molar-refractivity contribution in [2.24, 2.45) is 10.8 Å². The third kappa shape index (κ3) is 3.70. The van der Waals surface area contributed by atoms with E-state index in [4.69, 9.17) is 9.47 Å². The Labute approximate surface area is 133 Å². The van der Waals surface area contributed by atoms with Crippen LogP contribution in [0.25, 0.3) is 0 Å². The maximum Gasteiger partial charge on any atom is 0.309 e. The van der Waals surface area contributed by atoms with Crippen molar-refractivity contribution >= 4 is 21.9 Å². The minimum absolute atomic E-state index is 0.0496. The van der Waals surface area contributed by atoms with Gasteiger partial charge in [-0.15, -0.1) is 0 Å². The molecule has 1 aliphatic rings. The molecule has 116 valence electrons. The molecule has 4 nitrogen and oxygen atoms in total. The molecule has 0 radical (unpaired) electrons. The molecule has 0 spiro atoms. The predicted molar refractivity (Wildman–Crippen MR) is 84.0 cm³/mol. The Morgan fingerprint density at radius 3 is 2.33 bits per heavy atom. The molecule has 0 atom stereocenters. The maximum atomic E-state index is 11.3. The highest BCUT2D eigenvalue weighted by Crippen LogP contribution is 2.39. The largest absolute Gasteiger partial charge is 0.489 e. The fraction of sp³-hybridized carbons (Fsp3) is 0.562. The molecule has 2 rings (SSSR count). The number of carboxylic acid groups (broad SMARTS) is 1. The van der Waals surface area contributed by atoms with E-state index in [1.807, 2.05) is 12.1 Å². The van der Waals surface area contributed by atoms with Gasteiger partial charge in [0.1, 0.15) is 0 Å². The second kappa shape index (κ2) is 5.52. The van der Waals surface area contributed by atoms with Gasteiger partial charge in [-0.2, -0.15) is 0 Å². The van der Waals surface area contributed by atoms with Gasteiger partial charge in [0, 0.05) is 9.89 Å². The highest BCUT2D eigenvalue weighted by molar-refractivity contribution is 9.10. The summed E-state index contributed by atoms with van der Waals surface area (Å²) in [5.74, 6) is 0.562. The van der Waals surface area contributed by atoms with Crippen molar-refractivity contribution in [1.29, 1.82) is 0 Å². The highest BCUT2D eigenvalue weighted by Gasteiger charge is 2.30. The number of carboxylic acids is 1. The first-order valence-electron chi connectivity index (χ1n) is 6.92. The third-order valence-electron chi connectivity index (χ3n) is 3.56. The molecular weight excluding hydrogens is 336 g/mol. The number of ether oxygens (including phenoxy) is 2. The second-order valence-electron chi connectivity index (χ2n) is 7.00. The molecule has 1 aliphatic heterocycles. The van der Waals surface area contributed by atoms with E-state index >= 15 is 0 Å². The van der Waals surface area contributed by atoms with Crippen LogP contribution in [0.3, 0.4) is 0 Å². The summed E-state index contributed by atoms with van der Waals surface area (Å²) in [5, 5.41) is 9.27. The number of fused-ring (bicyclic) bond motifs is 1. The van der Waals surface area contributed by atoms with Crippen LogP contribution in [0.1, 0.15) is 33.3 Å². The molecule has 5 heteroatoms. The van der Waals surface area contributed by atoms with Crippen LogP contribution >= 0.6 is 15.9 Å². The van der Waals surface area contributed by atoms with Crippen molar-refractivity contribution in [3.05, 3.63) is 22.2 Å². The van der Waals surface area contributed by atoms with E-state index in [0.717, 1.165) is 10.0 Å². The van der Waals surface area contributed by atoms with Gasteiger partial charge in [-0.25, -0.2) is 0 Å². The van der Waals surface area contributed by atoms with Crippen molar-refractivity contribution in [3.8, 4) is 11.5 Å². The van der Waals surface area contributed by atoms with E-state index in [0.29, 0.717) is 31.1 Å². The van der Waals surface area contributed by atoms with Crippen LogP contribution < -0.4 is 9.47 Å². The smallest absolute Gasteiger partial charge is 0.309 e. The summed E-state index contributed by atoms with van der Waals surface area (Å²) in [6.45, 7) is 8.77. The molecule has 0 amide bonds. The molecule has 1 aromatic rings. The lowest BCUT2D eigenvalue weighted by Gasteiger charge is -2.21. The molecule has 0 aliphatic carbocycles. The summed E-state index contributed by atoms with van der Waals surface area (Å²) in [7, 11) is 0. The topological polar surface area (TPSA) is 55.8 Å². The zero-order valence-electron chi connectivity index (χ0n) is 12.8.